The summed E-state index contributed by atoms with van der Waals surface area (Å²) in [6.07, 6.45) is 4.44. The molecule has 0 unspecified atom stereocenters. The Bertz CT molecular complexity index is 488. The summed E-state index contributed by atoms with van der Waals surface area (Å²) in [6.45, 7) is 3.59. The fraction of sp³-hybridized carbons (Fsp3) is 0.364. The SMILES string of the molecule is CCCNc1ncc(Cl)c(NCc2cncs2)n1. The van der Waals surface area contributed by atoms with Gasteiger partial charge in [-0.25, -0.2) is 4.98 Å². The normalized spacial score (nSPS) is 10.3. The van der Waals surface area contributed by atoms with E-state index in [-0.39, 0.29) is 0 Å². The molecule has 0 aliphatic rings. The van der Waals surface area contributed by atoms with Gasteiger partial charge in [-0.05, 0) is 6.42 Å². The molecular weight excluding hydrogens is 270 g/mol. The topological polar surface area (TPSA) is 62.7 Å². The van der Waals surface area contributed by atoms with Gasteiger partial charge in [0.2, 0.25) is 5.95 Å². The molecular formula is C11H14ClN5S. The number of nitrogens with one attached hydrogen (secondary N) is 2. The van der Waals surface area contributed by atoms with Gasteiger partial charge >= 0.3 is 0 Å². The van der Waals surface area contributed by atoms with E-state index in [1.807, 2.05) is 6.20 Å². The number of nitrogens with zero attached hydrogens (tertiary/aromatic N) is 3. The average Bonchev–Trinajstić information content (AvgIpc) is 2.89. The van der Waals surface area contributed by atoms with Crippen LogP contribution in [-0.4, -0.2) is 21.5 Å². The largest absolute Gasteiger partial charge is 0.364 e. The molecule has 0 saturated carbocycles. The summed E-state index contributed by atoms with van der Waals surface area (Å²) >= 11 is 7.63. The molecule has 0 saturated heterocycles. The maximum atomic E-state index is 6.04. The first-order valence-electron chi connectivity index (χ1n) is 5.67. The third kappa shape index (κ3) is 3.54. The lowest BCUT2D eigenvalue weighted by Crippen LogP contribution is -2.07. The second kappa shape index (κ2) is 6.51. The molecule has 0 amide bonds. The first-order valence-corrected chi connectivity index (χ1v) is 6.93. The van der Waals surface area contributed by atoms with Gasteiger partial charge in [0.05, 0.1) is 18.3 Å². The van der Waals surface area contributed by atoms with Crippen LogP contribution in [0.15, 0.2) is 17.9 Å². The van der Waals surface area contributed by atoms with E-state index in [4.69, 9.17) is 11.6 Å². The van der Waals surface area contributed by atoms with Gasteiger partial charge < -0.3 is 10.6 Å². The van der Waals surface area contributed by atoms with Gasteiger partial charge in [0, 0.05) is 17.6 Å². The molecule has 96 valence electrons. The zero-order valence-electron chi connectivity index (χ0n) is 9.98. The zero-order valence-corrected chi connectivity index (χ0v) is 11.6. The molecule has 2 heterocycles. The van der Waals surface area contributed by atoms with Crippen molar-refractivity contribution in [3.63, 3.8) is 0 Å². The van der Waals surface area contributed by atoms with Crippen LogP contribution in [0.25, 0.3) is 0 Å². The molecule has 0 radical (unpaired) electrons. The first kappa shape index (κ1) is 13.0. The Balaban J connectivity index is 2.01. The van der Waals surface area contributed by atoms with Crippen molar-refractivity contribution in [3.8, 4) is 0 Å². The Kier molecular flexibility index (Phi) is 4.72. The van der Waals surface area contributed by atoms with Gasteiger partial charge in [0.25, 0.3) is 0 Å². The van der Waals surface area contributed by atoms with E-state index in [0.717, 1.165) is 17.8 Å². The summed E-state index contributed by atoms with van der Waals surface area (Å²) < 4.78 is 0. The quantitative estimate of drug-likeness (QED) is 0.853. The lowest BCUT2D eigenvalue weighted by molar-refractivity contribution is 0.950. The molecule has 0 aliphatic carbocycles. The zero-order chi connectivity index (χ0) is 12.8. The highest BCUT2D eigenvalue weighted by atomic mass is 35.5. The van der Waals surface area contributed by atoms with Gasteiger partial charge in [-0.2, -0.15) is 4.98 Å². The monoisotopic (exact) mass is 283 g/mol. The smallest absolute Gasteiger partial charge is 0.224 e. The Morgan fingerprint density at radius 2 is 2.22 bits per heavy atom. The maximum absolute atomic E-state index is 6.04. The van der Waals surface area contributed by atoms with Crippen molar-refractivity contribution in [1.82, 2.24) is 15.0 Å². The van der Waals surface area contributed by atoms with Crippen LogP contribution in [-0.2, 0) is 6.54 Å². The van der Waals surface area contributed by atoms with Gasteiger partial charge in [0.15, 0.2) is 5.82 Å². The fourth-order valence-electron chi connectivity index (χ4n) is 1.31. The third-order valence-electron chi connectivity index (χ3n) is 2.19. The third-order valence-corrected chi connectivity index (χ3v) is 3.25. The molecule has 0 fully saturated rings. The molecule has 7 heteroatoms. The summed E-state index contributed by atoms with van der Waals surface area (Å²) in [5.74, 6) is 1.23. The summed E-state index contributed by atoms with van der Waals surface area (Å²) in [5.41, 5.74) is 1.80. The second-order valence-electron chi connectivity index (χ2n) is 3.64. The van der Waals surface area contributed by atoms with Gasteiger partial charge in [-0.1, -0.05) is 18.5 Å². The van der Waals surface area contributed by atoms with Gasteiger partial charge in [-0.3, -0.25) is 4.98 Å². The van der Waals surface area contributed by atoms with Crippen molar-refractivity contribution in [2.24, 2.45) is 0 Å². The van der Waals surface area contributed by atoms with E-state index < -0.39 is 0 Å². The average molecular weight is 284 g/mol. The van der Waals surface area contributed by atoms with E-state index in [1.54, 1.807) is 23.0 Å². The number of anilines is 2. The minimum Gasteiger partial charge on any atom is -0.364 e. The van der Waals surface area contributed by atoms with E-state index in [2.05, 4.69) is 32.5 Å². The Morgan fingerprint density at radius 1 is 1.33 bits per heavy atom. The van der Waals surface area contributed by atoms with Crippen LogP contribution in [0.1, 0.15) is 18.2 Å². The predicted octanol–water partition coefficient (Wildman–Crippen LogP) is 3.02. The maximum Gasteiger partial charge on any atom is 0.224 e. The number of thiazole rings is 1. The molecule has 18 heavy (non-hydrogen) atoms. The molecule has 0 bridgehead atoms. The highest BCUT2D eigenvalue weighted by molar-refractivity contribution is 7.09. The summed E-state index contributed by atoms with van der Waals surface area (Å²) in [4.78, 5) is 13.6. The first-order chi connectivity index (χ1) is 8.79. The van der Waals surface area contributed by atoms with Gasteiger partial charge in [0.1, 0.15) is 5.02 Å². The Morgan fingerprint density at radius 3 is 2.94 bits per heavy atom. The molecule has 0 aromatic carbocycles. The Hall–Kier alpha value is -1.40. The van der Waals surface area contributed by atoms with Crippen LogP contribution >= 0.6 is 22.9 Å². The van der Waals surface area contributed by atoms with Crippen molar-refractivity contribution in [1.29, 1.82) is 0 Å². The number of halogens is 1. The minimum atomic E-state index is 0.515. The van der Waals surface area contributed by atoms with Crippen molar-refractivity contribution in [2.75, 3.05) is 17.2 Å². The van der Waals surface area contributed by atoms with Crippen LogP contribution < -0.4 is 10.6 Å². The summed E-state index contributed by atoms with van der Waals surface area (Å²) in [7, 11) is 0. The lowest BCUT2D eigenvalue weighted by Gasteiger charge is -2.08. The minimum absolute atomic E-state index is 0.515. The Labute approximate surface area is 115 Å². The molecule has 5 nitrogen and oxygen atoms in total. The van der Waals surface area contributed by atoms with Gasteiger partial charge in [-0.15, -0.1) is 11.3 Å². The molecule has 0 aliphatic heterocycles. The van der Waals surface area contributed by atoms with Crippen LogP contribution in [0.5, 0.6) is 0 Å². The highest BCUT2D eigenvalue weighted by Crippen LogP contribution is 2.20. The fourth-order valence-corrected chi connectivity index (χ4v) is 2.01. The molecule has 2 aromatic heterocycles. The molecule has 2 aromatic rings. The number of hydrogen-bond donors (Lipinski definition) is 2. The van der Waals surface area contributed by atoms with Crippen molar-refractivity contribution in [3.05, 3.63) is 27.8 Å². The van der Waals surface area contributed by atoms with Crippen molar-refractivity contribution in [2.45, 2.75) is 19.9 Å². The van der Waals surface area contributed by atoms with E-state index in [0.29, 0.717) is 23.3 Å². The number of rotatable bonds is 6. The lowest BCUT2D eigenvalue weighted by atomic mass is 10.5. The predicted molar refractivity (Wildman–Crippen MR) is 75.3 cm³/mol. The molecule has 0 atom stereocenters. The molecule has 0 spiro atoms. The van der Waals surface area contributed by atoms with Crippen LogP contribution in [0, 0.1) is 0 Å². The van der Waals surface area contributed by atoms with Crippen LogP contribution in [0.4, 0.5) is 11.8 Å². The molecule has 2 N–H and O–H groups in total. The van der Waals surface area contributed by atoms with E-state index in [1.165, 1.54) is 0 Å². The number of hydrogen-bond acceptors (Lipinski definition) is 6. The van der Waals surface area contributed by atoms with E-state index >= 15 is 0 Å². The van der Waals surface area contributed by atoms with Crippen molar-refractivity contribution >= 4 is 34.7 Å². The standard InChI is InChI=1S/C11H14ClN5S/c1-2-3-14-11-16-6-9(12)10(17-11)15-5-8-4-13-7-18-8/h4,6-7H,2-3,5H2,1H3,(H2,14,15,16,17). The van der Waals surface area contributed by atoms with Crippen LogP contribution in [0.2, 0.25) is 5.02 Å². The van der Waals surface area contributed by atoms with Crippen molar-refractivity contribution < 1.29 is 0 Å². The van der Waals surface area contributed by atoms with Crippen LogP contribution in [0.3, 0.4) is 0 Å². The number of aromatic nitrogens is 3. The second-order valence-corrected chi connectivity index (χ2v) is 5.02. The summed E-state index contributed by atoms with van der Waals surface area (Å²) in [6, 6.07) is 0. The summed E-state index contributed by atoms with van der Waals surface area (Å²) in [5, 5.41) is 6.82. The molecule has 2 rings (SSSR count). The highest BCUT2D eigenvalue weighted by Gasteiger charge is 2.05. The van der Waals surface area contributed by atoms with E-state index in [9.17, 15) is 0 Å².